The van der Waals surface area contributed by atoms with Gasteiger partial charge in [0, 0.05) is 0 Å². The van der Waals surface area contributed by atoms with Crippen LogP contribution in [0.25, 0.3) is 21.9 Å². The maximum Gasteiger partial charge on any atom is -0.00735 e. The highest BCUT2D eigenvalue weighted by Gasteiger charge is 2.08. The molecule has 0 fully saturated rings. The number of hydrogen-bond donors (Lipinski definition) is 0. The molecule has 0 saturated carbocycles. The summed E-state index contributed by atoms with van der Waals surface area (Å²) in [5.41, 5.74) is 5.37. The molecule has 0 N–H and O–H groups in total. The molecule has 0 aliphatic carbocycles. The highest BCUT2D eigenvalue weighted by Crippen LogP contribution is 2.33. The van der Waals surface area contributed by atoms with Crippen molar-refractivity contribution in [1.29, 1.82) is 0 Å². The van der Waals surface area contributed by atoms with Gasteiger partial charge < -0.3 is 0 Å². The summed E-state index contributed by atoms with van der Waals surface area (Å²) in [6.45, 7) is 4.37. The second kappa shape index (κ2) is 4.30. The Kier molecular flexibility index (Phi) is 2.64. The van der Waals surface area contributed by atoms with Crippen molar-refractivity contribution < 1.29 is 0 Å². The fourth-order valence-electron chi connectivity index (χ4n) is 2.59. The van der Waals surface area contributed by atoms with Crippen LogP contribution in [0.4, 0.5) is 0 Å². The number of benzene rings is 3. The van der Waals surface area contributed by atoms with Crippen molar-refractivity contribution >= 4 is 10.8 Å². The molecule has 0 bridgehead atoms. The molecule has 3 aromatic carbocycles. The van der Waals surface area contributed by atoms with Crippen molar-refractivity contribution in [2.45, 2.75) is 13.8 Å². The van der Waals surface area contributed by atoms with Crippen LogP contribution in [0, 0.1) is 13.8 Å². The molecule has 3 rings (SSSR count). The van der Waals surface area contributed by atoms with Gasteiger partial charge in [-0.15, -0.1) is 0 Å². The fraction of sp³-hybridized carbons (Fsp3) is 0.111. The summed E-state index contributed by atoms with van der Waals surface area (Å²) in [4.78, 5) is 0. The van der Waals surface area contributed by atoms with Gasteiger partial charge in [-0.25, -0.2) is 0 Å². The third kappa shape index (κ3) is 1.70. The molecular formula is C18H16. The normalized spacial score (nSPS) is 10.8. The second-order valence-corrected chi connectivity index (χ2v) is 4.79. The molecule has 0 nitrogen and oxygen atoms in total. The van der Waals surface area contributed by atoms with Crippen molar-refractivity contribution in [3.8, 4) is 11.1 Å². The molecular weight excluding hydrogens is 216 g/mol. The van der Waals surface area contributed by atoms with Gasteiger partial charge in [0.25, 0.3) is 0 Å². The van der Waals surface area contributed by atoms with Crippen LogP contribution in [0.2, 0.25) is 0 Å². The van der Waals surface area contributed by atoms with Crippen molar-refractivity contribution in [3.05, 3.63) is 71.8 Å². The topological polar surface area (TPSA) is 0 Å². The van der Waals surface area contributed by atoms with Crippen LogP contribution in [-0.2, 0) is 0 Å². The Morgan fingerprint density at radius 3 is 2.17 bits per heavy atom. The smallest absolute Gasteiger partial charge is 0.00735 e. The van der Waals surface area contributed by atoms with Crippen LogP contribution in [0.15, 0.2) is 60.7 Å². The van der Waals surface area contributed by atoms with E-state index < -0.39 is 0 Å². The SMILES string of the molecule is Cc1ccccc1-c1c(C)ccc2ccccc12. The van der Waals surface area contributed by atoms with E-state index in [0.29, 0.717) is 0 Å². The lowest BCUT2D eigenvalue weighted by Gasteiger charge is -2.13. The first-order valence-corrected chi connectivity index (χ1v) is 6.32. The Morgan fingerprint density at radius 1 is 0.611 bits per heavy atom. The van der Waals surface area contributed by atoms with Crippen molar-refractivity contribution in [2.75, 3.05) is 0 Å². The maximum absolute atomic E-state index is 2.21. The highest BCUT2D eigenvalue weighted by molar-refractivity contribution is 5.98. The number of rotatable bonds is 1. The van der Waals surface area contributed by atoms with E-state index in [2.05, 4.69) is 74.5 Å². The lowest BCUT2D eigenvalue weighted by atomic mass is 9.91. The summed E-state index contributed by atoms with van der Waals surface area (Å²) in [5, 5.41) is 2.65. The minimum atomic E-state index is 1.31. The van der Waals surface area contributed by atoms with Crippen LogP contribution >= 0.6 is 0 Å². The summed E-state index contributed by atoms with van der Waals surface area (Å²) in [6, 6.07) is 21.6. The van der Waals surface area contributed by atoms with Crippen LogP contribution < -0.4 is 0 Å². The molecule has 88 valence electrons. The molecule has 0 aliphatic heterocycles. The molecule has 0 aliphatic rings. The maximum atomic E-state index is 2.21. The Labute approximate surface area is 108 Å². The molecule has 0 heteroatoms. The van der Waals surface area contributed by atoms with Gasteiger partial charge >= 0.3 is 0 Å². The van der Waals surface area contributed by atoms with E-state index in [1.807, 2.05) is 0 Å². The monoisotopic (exact) mass is 232 g/mol. The van der Waals surface area contributed by atoms with Crippen LogP contribution in [0.5, 0.6) is 0 Å². The molecule has 0 aromatic heterocycles. The zero-order chi connectivity index (χ0) is 12.5. The second-order valence-electron chi connectivity index (χ2n) is 4.79. The number of hydrogen-bond acceptors (Lipinski definition) is 0. The first-order valence-electron chi connectivity index (χ1n) is 6.32. The summed E-state index contributed by atoms with van der Waals surface area (Å²) in [7, 11) is 0. The Bertz CT molecular complexity index is 708. The average molecular weight is 232 g/mol. The first-order chi connectivity index (χ1) is 8.77. The van der Waals surface area contributed by atoms with Gasteiger partial charge in [0.2, 0.25) is 0 Å². The van der Waals surface area contributed by atoms with E-state index in [1.54, 1.807) is 0 Å². The molecule has 3 aromatic rings. The molecule has 0 unspecified atom stereocenters. The summed E-state index contributed by atoms with van der Waals surface area (Å²) >= 11 is 0. The quantitative estimate of drug-likeness (QED) is 0.546. The van der Waals surface area contributed by atoms with Gasteiger partial charge in [-0.1, -0.05) is 60.7 Å². The van der Waals surface area contributed by atoms with Crippen LogP contribution in [0.1, 0.15) is 11.1 Å². The molecule has 0 radical (unpaired) electrons. The molecule has 0 saturated heterocycles. The number of fused-ring (bicyclic) bond motifs is 1. The highest BCUT2D eigenvalue weighted by atomic mass is 14.1. The average Bonchev–Trinajstić information content (AvgIpc) is 2.40. The molecule has 0 amide bonds. The Morgan fingerprint density at radius 2 is 1.33 bits per heavy atom. The van der Waals surface area contributed by atoms with Crippen LogP contribution in [0.3, 0.4) is 0 Å². The van der Waals surface area contributed by atoms with Gasteiger partial charge in [-0.05, 0) is 46.9 Å². The minimum Gasteiger partial charge on any atom is -0.0620 e. The largest absolute Gasteiger partial charge is 0.0620 e. The van der Waals surface area contributed by atoms with E-state index in [4.69, 9.17) is 0 Å². The lowest BCUT2D eigenvalue weighted by molar-refractivity contribution is 1.43. The Hall–Kier alpha value is -2.08. The third-order valence-corrected chi connectivity index (χ3v) is 3.55. The Balaban J connectivity index is 2.42. The van der Waals surface area contributed by atoms with Crippen molar-refractivity contribution in [3.63, 3.8) is 0 Å². The van der Waals surface area contributed by atoms with Crippen molar-refractivity contribution in [1.82, 2.24) is 0 Å². The number of aryl methyl sites for hydroxylation is 2. The predicted octanol–water partition coefficient (Wildman–Crippen LogP) is 5.12. The minimum absolute atomic E-state index is 1.31. The van der Waals surface area contributed by atoms with Gasteiger partial charge in [-0.3, -0.25) is 0 Å². The third-order valence-electron chi connectivity index (χ3n) is 3.55. The molecule has 0 spiro atoms. The van der Waals surface area contributed by atoms with Gasteiger partial charge in [0.1, 0.15) is 0 Å². The van der Waals surface area contributed by atoms with Crippen LogP contribution in [-0.4, -0.2) is 0 Å². The van der Waals surface area contributed by atoms with Crippen molar-refractivity contribution in [2.24, 2.45) is 0 Å². The van der Waals surface area contributed by atoms with E-state index >= 15 is 0 Å². The standard InChI is InChI=1S/C18H16/c1-13-7-3-5-9-16(13)18-14(2)11-12-15-8-4-6-10-17(15)18/h3-12H,1-2H3. The zero-order valence-electron chi connectivity index (χ0n) is 10.8. The predicted molar refractivity (Wildman–Crippen MR) is 78.9 cm³/mol. The first kappa shape index (κ1) is 11.0. The van der Waals surface area contributed by atoms with E-state index in [-0.39, 0.29) is 0 Å². The molecule has 0 atom stereocenters. The fourth-order valence-corrected chi connectivity index (χ4v) is 2.59. The van der Waals surface area contributed by atoms with Gasteiger partial charge in [0.05, 0.1) is 0 Å². The van der Waals surface area contributed by atoms with E-state index in [1.165, 1.54) is 33.0 Å². The zero-order valence-corrected chi connectivity index (χ0v) is 10.8. The lowest BCUT2D eigenvalue weighted by Crippen LogP contribution is -1.88. The van der Waals surface area contributed by atoms with Gasteiger partial charge in [0.15, 0.2) is 0 Å². The van der Waals surface area contributed by atoms with Gasteiger partial charge in [-0.2, -0.15) is 0 Å². The molecule has 18 heavy (non-hydrogen) atoms. The van der Waals surface area contributed by atoms with E-state index in [9.17, 15) is 0 Å². The summed E-state index contributed by atoms with van der Waals surface area (Å²) in [5.74, 6) is 0. The summed E-state index contributed by atoms with van der Waals surface area (Å²) in [6.07, 6.45) is 0. The summed E-state index contributed by atoms with van der Waals surface area (Å²) < 4.78 is 0. The molecule has 0 heterocycles. The van der Waals surface area contributed by atoms with E-state index in [0.717, 1.165) is 0 Å².